The van der Waals surface area contributed by atoms with Crippen molar-refractivity contribution in [3.05, 3.63) is 161 Å². The van der Waals surface area contributed by atoms with Gasteiger partial charge in [-0.15, -0.1) is 11.6 Å². The third-order valence-corrected chi connectivity index (χ3v) is 49.0. The number of allylic oxidation sites excluding steroid dienone is 9. The number of nitrogens with one attached hydrogen (secondary N) is 1. The van der Waals surface area contributed by atoms with Crippen LogP contribution in [0, 0.1) is 154 Å². The lowest BCUT2D eigenvalue weighted by Crippen LogP contribution is -3.00. The van der Waals surface area contributed by atoms with Gasteiger partial charge in [-0.1, -0.05) is 211 Å². The van der Waals surface area contributed by atoms with Crippen molar-refractivity contribution in [1.29, 1.82) is 0 Å². The topological polar surface area (TPSA) is 154 Å². The third kappa shape index (κ3) is 17.2. The third-order valence-electron chi connectivity index (χ3n) is 47.9. The van der Waals surface area contributed by atoms with Crippen LogP contribution in [0.4, 0.5) is 4.79 Å². The summed E-state index contributed by atoms with van der Waals surface area (Å²) >= 11 is 8.26. The van der Waals surface area contributed by atoms with Gasteiger partial charge in [-0.2, -0.15) is 0 Å². The molecule has 0 radical (unpaired) electrons. The number of likely N-dealkylation sites (tertiary alicyclic amines) is 2. The molecule has 12 saturated carbocycles. The van der Waals surface area contributed by atoms with Gasteiger partial charge in [-0.3, -0.25) is 9.80 Å². The van der Waals surface area contributed by atoms with Gasteiger partial charge in [-0.25, -0.2) is 19.2 Å². The van der Waals surface area contributed by atoms with Gasteiger partial charge in [0, 0.05) is 92.4 Å². The number of alkyl halides is 2. The summed E-state index contributed by atoms with van der Waals surface area (Å²) in [5.41, 5.74) is 23.0. The van der Waals surface area contributed by atoms with E-state index in [0.717, 1.165) is 80.4 Å². The van der Waals surface area contributed by atoms with Crippen LogP contribution in [0.2, 0.25) is 0 Å². The van der Waals surface area contributed by atoms with Gasteiger partial charge in [-0.05, 0) is 426 Å². The van der Waals surface area contributed by atoms with Crippen LogP contribution in [0.15, 0.2) is 127 Å². The smallest absolute Gasteiger partial charge is 0.410 e. The molecule has 3 heterocycles. The van der Waals surface area contributed by atoms with Crippen molar-refractivity contribution in [2.24, 2.45) is 154 Å². The second-order valence-electron chi connectivity index (χ2n) is 55.5. The average Bonchev–Trinajstić information content (AvgIpc) is 1.58. The molecule has 1 amide bonds. The number of benzene rings is 3. The van der Waals surface area contributed by atoms with Crippen molar-refractivity contribution in [3.63, 3.8) is 0 Å². The number of fused-ring (bicyclic) bond motifs is 23. The predicted molar refractivity (Wildman–Crippen MR) is 585 cm³/mol. The molecular formula is C127H186BrCl2N5O8. The van der Waals surface area contributed by atoms with Crippen molar-refractivity contribution in [1.82, 2.24) is 20.0 Å². The maximum atomic E-state index is 12.9. The second kappa shape index (κ2) is 38.8. The summed E-state index contributed by atoms with van der Waals surface area (Å²) in [6.45, 7) is 72.6. The Bertz CT molecular complexity index is 5410. The number of esters is 3. The van der Waals surface area contributed by atoms with Crippen LogP contribution in [-0.2, 0) is 18.9 Å². The quantitative estimate of drug-likeness (QED) is 0.0491. The molecule has 21 rings (SSSR count). The van der Waals surface area contributed by atoms with E-state index in [2.05, 4.69) is 230 Å². The zero-order valence-electron chi connectivity index (χ0n) is 93.0. The molecule has 16 heteroatoms. The molecule has 3 aliphatic heterocycles. The SMILES string of the molecule is C=C(C)[C@@H]1CC[C@]2(N3CC3)CC[C@]3(C)[C@H](CC[C@@H]4[C@@]5(C)CC=C(c6ccc(C(=O)OC)cc6)C(C)(C)[C@@H]5CC[C@]43C)[C@@H]12.C=C(C)[C@@H]1CC[C@]2(NCCN3C[C@@H]4C[C@H]3CN4C(=O)OC(C)(C)C)CC[C@]3(C)[C@H](CC[C@@H]4[C@@]5(C)CC=C(c6ccc(C(=O)OC)cc6)C(C)(C)[C@@H]5CC[C@]43C)[C@@H]12.C=C(C)[C@@H]1CC[C@]2([NH3+])CC[C@]3(C)[C@H](CC[C@@H]4[C@@]5(C)CC=C(c6ccc(C(=O)OC)cc6)C(C)(C)[C@@H]5CC[C@]43C)[C@@H]12.ClCCBr.[Cl-]. The van der Waals surface area contributed by atoms with Crippen molar-refractivity contribution >= 4 is 68.3 Å². The van der Waals surface area contributed by atoms with E-state index >= 15 is 0 Å². The number of quaternary nitrogens is 1. The summed E-state index contributed by atoms with van der Waals surface area (Å²) < 4.78 is 20.6. The maximum Gasteiger partial charge on any atom is 0.410 e. The maximum absolute atomic E-state index is 12.9. The van der Waals surface area contributed by atoms with Crippen molar-refractivity contribution in [2.45, 2.75) is 359 Å². The molecule has 4 N–H and O–H groups in total. The summed E-state index contributed by atoms with van der Waals surface area (Å²) in [6.07, 6.45) is 44.3. The van der Waals surface area contributed by atoms with E-state index in [9.17, 15) is 19.2 Å². The normalized spacial score (nSPS) is 42.4. The van der Waals surface area contributed by atoms with Crippen molar-refractivity contribution < 1.29 is 56.3 Å². The molecule has 29 atom stereocenters. The minimum atomic E-state index is -0.455. The monoisotopic (exact) mass is 2060 g/mol. The number of piperazine rings is 1. The number of carbonyl (C=O) groups excluding carboxylic acids is 4. The number of methoxy groups -OCH3 is 3. The van der Waals surface area contributed by atoms with E-state index in [0.29, 0.717) is 137 Å². The van der Waals surface area contributed by atoms with E-state index in [1.54, 1.807) is 0 Å². The first-order valence-corrected chi connectivity index (χ1v) is 58.3. The number of nitrogens with zero attached hydrogens (tertiary/aromatic N) is 3. The van der Waals surface area contributed by atoms with Crippen LogP contribution < -0.4 is 23.5 Å². The van der Waals surface area contributed by atoms with Crippen molar-refractivity contribution in [2.75, 3.05) is 71.8 Å². The van der Waals surface area contributed by atoms with Crippen molar-refractivity contribution in [3.8, 4) is 0 Å². The first-order chi connectivity index (χ1) is 66.8. The lowest BCUT2D eigenvalue weighted by atomic mass is 9.33. The van der Waals surface area contributed by atoms with Gasteiger partial charge < -0.3 is 47.3 Å². The van der Waals surface area contributed by atoms with E-state index in [1.165, 1.54) is 245 Å². The summed E-state index contributed by atoms with van der Waals surface area (Å²) in [5.74, 6) is 10.5. The Labute approximate surface area is 884 Å². The Morgan fingerprint density at radius 1 is 0.441 bits per heavy atom. The number of amides is 1. The fourth-order valence-electron chi connectivity index (χ4n) is 40.9. The Balaban J connectivity index is 0.000000146. The largest absolute Gasteiger partial charge is 1.00 e. The highest BCUT2D eigenvalue weighted by atomic mass is 79.9. The highest BCUT2D eigenvalue weighted by molar-refractivity contribution is 9.09. The summed E-state index contributed by atoms with van der Waals surface area (Å²) in [5, 5.41) is 5.24. The molecule has 0 spiro atoms. The molecule has 0 aromatic heterocycles. The molecule has 0 unspecified atom stereocenters. The minimum absolute atomic E-state index is 0. The zero-order chi connectivity index (χ0) is 102. The predicted octanol–water partition coefficient (Wildman–Crippen LogP) is 26.1. The van der Waals surface area contributed by atoms with Crippen LogP contribution in [0.3, 0.4) is 0 Å². The van der Waals surface area contributed by atoms with Gasteiger partial charge in [0.05, 0.1) is 43.6 Å². The summed E-state index contributed by atoms with van der Waals surface area (Å²) in [4.78, 5) is 56.7. The van der Waals surface area contributed by atoms with E-state index in [4.69, 9.17) is 36.3 Å². The summed E-state index contributed by atoms with van der Waals surface area (Å²) in [7, 11) is 4.35. The molecule has 3 saturated heterocycles. The molecule has 13 nitrogen and oxygen atoms in total. The standard InChI is InChI=1S/C49H73N3O4.C39H55NO2.C37H53NO2.C2H4BrCl.ClH/c1-31(2)36-18-23-49(50-26-27-51-29-35-28-34(51)30-52(35)43(54)56-44(3,4)5)25-24-47(9)38(41(36)49)16-17-40-46(8)21-19-37(32-12-14-33(15-13-32)42(53)55-11)45(6,7)39(46)20-22-48(40,47)10;1-25(2)28-15-20-39(40-23-24-40)22-21-37(6)30(33(28)39)13-14-32-36(5)18-16-29(26-9-11-27(12-10-26)34(41)42-8)35(3,4)31(36)17-19-38(32,37)7;1-23(2)26-15-20-37(38)22-21-35(6)28(31(26)37)13-14-30-34(5)18-16-27(24-9-11-25(12-10-24)32(39)40-8)33(3,4)29(34)17-19-36(30,35)7;3-1-2-4;/h12-15,19,34-36,38-41,50H,1,16-18,20-30H2,2-11H3;9-12,16,28,30-33H,1,13-15,17-24H2,2-8H3;9-12,16,26,28-31H,1,13-15,17-22,38H2,2-8H3;1-2H2;1H/t34-,35-,36-,38+,39-,40+,41+,46-,47+,48+,49-;28-,30+,31-,32+,33+,36-,37+,38+,39-;26-,28+,29-,30+,31+,34-,35+,36+,37-;;/m000../s1. The highest BCUT2D eigenvalue weighted by Gasteiger charge is 2.76. The molecule has 143 heavy (non-hydrogen) atoms. The lowest BCUT2D eigenvalue weighted by Gasteiger charge is -2.72. The molecule has 18 aliphatic rings. The molecule has 2 bridgehead atoms. The average molecular weight is 2060 g/mol. The Hall–Kier alpha value is -5.32. The number of hydrogen-bond donors (Lipinski definition) is 2. The fourth-order valence-corrected chi connectivity index (χ4v) is 40.9. The van der Waals surface area contributed by atoms with Gasteiger partial charge in [0.15, 0.2) is 0 Å². The van der Waals surface area contributed by atoms with E-state index in [1.807, 2.05) is 62.1 Å². The van der Waals surface area contributed by atoms with E-state index in [-0.39, 0.29) is 75.2 Å². The first-order valence-electron chi connectivity index (χ1n) is 56.6. The van der Waals surface area contributed by atoms with Gasteiger partial charge in [0.2, 0.25) is 0 Å². The van der Waals surface area contributed by atoms with Gasteiger partial charge >= 0.3 is 24.0 Å². The van der Waals surface area contributed by atoms with Crippen LogP contribution in [-0.4, -0.2) is 145 Å². The Kier molecular flexibility index (Phi) is 29.5. The molecule has 3 aromatic carbocycles. The molecule has 3 aromatic rings. The Morgan fingerprint density at radius 2 is 0.804 bits per heavy atom. The van der Waals surface area contributed by atoms with Gasteiger partial charge in [0.1, 0.15) is 5.60 Å². The minimum Gasteiger partial charge on any atom is -1.00 e. The van der Waals surface area contributed by atoms with E-state index < -0.39 is 5.60 Å². The van der Waals surface area contributed by atoms with Crippen LogP contribution in [0.1, 0.15) is 373 Å². The van der Waals surface area contributed by atoms with Crippen LogP contribution in [0.5, 0.6) is 0 Å². The zero-order valence-corrected chi connectivity index (χ0v) is 96.1. The molecule has 788 valence electrons. The first kappa shape index (κ1) is 109. The number of carbonyl (C=O) groups is 4. The van der Waals surface area contributed by atoms with Gasteiger partial charge in [0.25, 0.3) is 0 Å². The second-order valence-corrected chi connectivity index (χ2v) is 56.7. The molecule has 15 aliphatic carbocycles. The molecular weight excluding hydrogens is 1870 g/mol. The fraction of sp³-hybridized carbons (Fsp3) is 0.732. The summed E-state index contributed by atoms with van der Waals surface area (Å²) in [6, 6.07) is 25.2. The number of hydrogen-bond acceptors (Lipinski definition) is 11. The number of rotatable bonds is 15. The van der Waals surface area contributed by atoms with Crippen LogP contribution >= 0.6 is 27.5 Å². The number of halogens is 3. The lowest BCUT2D eigenvalue weighted by molar-refractivity contribution is -0.505. The van der Waals surface area contributed by atoms with Crippen LogP contribution in [0.25, 0.3) is 16.7 Å². The highest BCUT2D eigenvalue weighted by Crippen LogP contribution is 2.82. The Morgan fingerprint density at radius 3 is 1.17 bits per heavy atom. The number of ether oxygens (including phenoxy) is 4. The molecule has 15 fully saturated rings.